The highest BCUT2D eigenvalue weighted by Crippen LogP contribution is 2.26. The lowest BCUT2D eigenvalue weighted by atomic mass is 10.1. The summed E-state index contributed by atoms with van der Waals surface area (Å²) < 4.78 is 21.2. The zero-order valence-electron chi connectivity index (χ0n) is 7.78. The fourth-order valence-electron chi connectivity index (χ4n) is 1.05. The van der Waals surface area contributed by atoms with E-state index in [9.17, 15) is 13.2 Å². The molecule has 0 aromatic heterocycles. The smallest absolute Gasteiger partial charge is 0.252 e. The summed E-state index contributed by atoms with van der Waals surface area (Å²) in [7, 11) is -3.39. The topological polar surface area (TPSA) is 51.2 Å². The Morgan fingerprint density at radius 2 is 2.00 bits per heavy atom. The van der Waals surface area contributed by atoms with E-state index in [1.807, 2.05) is 0 Å². The molecule has 1 aromatic carbocycles. The van der Waals surface area contributed by atoms with Crippen molar-refractivity contribution in [3.63, 3.8) is 0 Å². The maximum Gasteiger partial charge on any atom is 0.252 e. The van der Waals surface area contributed by atoms with Crippen LogP contribution in [0.2, 0.25) is 0 Å². The van der Waals surface area contributed by atoms with Crippen molar-refractivity contribution in [3.8, 4) is 0 Å². The first-order valence-electron chi connectivity index (χ1n) is 3.95. The lowest BCUT2D eigenvalue weighted by Gasteiger charge is -2.07. The summed E-state index contributed by atoms with van der Waals surface area (Å²) in [6.07, 6.45) is 1.03. The molecule has 0 bridgehead atoms. The molecule has 1 rings (SSSR count). The highest BCUT2D eigenvalue weighted by Gasteiger charge is 2.20. The monoisotopic (exact) mass is 266 g/mol. The SMILES string of the molecule is CS(=O)(=O)C(Cl)c1cccc(C(=O)Cl)c1. The van der Waals surface area contributed by atoms with E-state index in [1.54, 1.807) is 0 Å². The van der Waals surface area contributed by atoms with Crippen LogP contribution in [0.25, 0.3) is 0 Å². The molecule has 6 heteroatoms. The summed E-state index contributed by atoms with van der Waals surface area (Å²) in [6, 6.07) is 5.92. The first-order chi connectivity index (χ1) is 6.82. The van der Waals surface area contributed by atoms with E-state index in [2.05, 4.69) is 0 Å². The number of halogens is 2. The molecule has 0 aliphatic heterocycles. The van der Waals surface area contributed by atoms with Crippen LogP contribution >= 0.6 is 23.2 Å². The molecule has 0 aliphatic carbocycles. The summed E-state index contributed by atoms with van der Waals surface area (Å²) in [6.45, 7) is 0. The number of hydrogen-bond donors (Lipinski definition) is 0. The van der Waals surface area contributed by atoms with Gasteiger partial charge in [0.25, 0.3) is 5.24 Å². The molecule has 82 valence electrons. The molecule has 15 heavy (non-hydrogen) atoms. The lowest BCUT2D eigenvalue weighted by Crippen LogP contribution is -2.06. The first kappa shape index (κ1) is 12.5. The predicted octanol–water partition coefficient (Wildman–Crippen LogP) is 2.35. The summed E-state index contributed by atoms with van der Waals surface area (Å²) >= 11 is 11.0. The molecule has 0 saturated heterocycles. The van der Waals surface area contributed by atoms with Gasteiger partial charge < -0.3 is 0 Å². The van der Waals surface area contributed by atoms with Gasteiger partial charge in [0.05, 0.1) is 0 Å². The van der Waals surface area contributed by atoms with E-state index in [0.29, 0.717) is 5.56 Å². The van der Waals surface area contributed by atoms with Gasteiger partial charge in [-0.15, -0.1) is 11.6 Å². The highest BCUT2D eigenvalue weighted by atomic mass is 35.5. The van der Waals surface area contributed by atoms with E-state index in [1.165, 1.54) is 24.3 Å². The molecule has 0 aliphatic rings. The zero-order chi connectivity index (χ0) is 11.6. The molecule has 1 unspecified atom stereocenters. The Bertz CT molecular complexity index is 482. The molecule has 1 aromatic rings. The summed E-state index contributed by atoms with van der Waals surface area (Å²) in [5.41, 5.74) is 0.564. The van der Waals surface area contributed by atoms with Crippen molar-refractivity contribution in [2.24, 2.45) is 0 Å². The van der Waals surface area contributed by atoms with E-state index in [-0.39, 0.29) is 5.56 Å². The van der Waals surface area contributed by atoms with Crippen molar-refractivity contribution in [1.82, 2.24) is 0 Å². The van der Waals surface area contributed by atoms with E-state index < -0.39 is 19.8 Å². The van der Waals surface area contributed by atoms with Gasteiger partial charge in [-0.2, -0.15) is 0 Å². The van der Waals surface area contributed by atoms with Crippen LogP contribution in [-0.4, -0.2) is 19.9 Å². The minimum atomic E-state index is -3.39. The average Bonchev–Trinajstić information content (AvgIpc) is 2.15. The number of carbonyl (C=O) groups excluding carboxylic acids is 1. The van der Waals surface area contributed by atoms with Crippen LogP contribution in [0, 0.1) is 0 Å². The van der Waals surface area contributed by atoms with Gasteiger partial charge in [0.2, 0.25) is 0 Å². The van der Waals surface area contributed by atoms with Crippen LogP contribution < -0.4 is 0 Å². The van der Waals surface area contributed by atoms with Crippen LogP contribution in [0.3, 0.4) is 0 Å². The van der Waals surface area contributed by atoms with Crippen LogP contribution in [0.15, 0.2) is 24.3 Å². The Kier molecular flexibility index (Phi) is 3.76. The molecule has 0 fully saturated rings. The summed E-state index contributed by atoms with van der Waals surface area (Å²) in [5, 5.41) is -0.644. The molecule has 0 radical (unpaired) electrons. The number of hydrogen-bond acceptors (Lipinski definition) is 3. The molecular formula is C9H8Cl2O3S. The summed E-state index contributed by atoms with van der Waals surface area (Å²) in [5.74, 6) is 0. The minimum Gasteiger partial charge on any atom is -0.276 e. The second-order valence-corrected chi connectivity index (χ2v) is 6.21. The van der Waals surface area contributed by atoms with Crippen molar-refractivity contribution >= 4 is 38.3 Å². The Hall–Kier alpha value is -0.580. The van der Waals surface area contributed by atoms with Crippen molar-refractivity contribution in [1.29, 1.82) is 0 Å². The largest absolute Gasteiger partial charge is 0.276 e. The van der Waals surface area contributed by atoms with Crippen LogP contribution in [0.4, 0.5) is 0 Å². The maximum absolute atomic E-state index is 11.2. The van der Waals surface area contributed by atoms with Crippen molar-refractivity contribution < 1.29 is 13.2 Å². The normalized spacial score (nSPS) is 13.5. The third-order valence-corrected chi connectivity index (χ3v) is 4.22. The molecular weight excluding hydrogens is 259 g/mol. The minimum absolute atomic E-state index is 0.225. The second-order valence-electron chi connectivity index (χ2n) is 3.04. The van der Waals surface area contributed by atoms with E-state index in [0.717, 1.165) is 6.26 Å². The molecule has 1 atom stereocenters. The molecule has 0 amide bonds. The van der Waals surface area contributed by atoms with Gasteiger partial charge in [0, 0.05) is 11.8 Å². The number of sulfone groups is 1. The quantitative estimate of drug-likeness (QED) is 0.624. The standard InChI is InChI=1S/C9H8Cl2O3S/c1-15(13,14)9(11)7-4-2-3-6(5-7)8(10)12/h2-5,9H,1H3. The van der Waals surface area contributed by atoms with Gasteiger partial charge in [-0.1, -0.05) is 18.2 Å². The molecule has 0 N–H and O–H groups in total. The Labute approximate surface area is 97.9 Å². The fourth-order valence-corrected chi connectivity index (χ4v) is 1.94. The molecule has 0 saturated carbocycles. The third kappa shape index (κ3) is 3.19. The maximum atomic E-state index is 11.2. The third-order valence-electron chi connectivity index (χ3n) is 1.75. The number of alkyl halides is 1. The number of rotatable bonds is 3. The summed E-state index contributed by atoms with van der Waals surface area (Å²) in [4.78, 5) is 10.8. The van der Waals surface area contributed by atoms with Crippen molar-refractivity contribution in [2.75, 3.05) is 6.26 Å². The first-order valence-corrected chi connectivity index (χ1v) is 6.72. The highest BCUT2D eigenvalue weighted by molar-refractivity contribution is 7.92. The molecule has 0 spiro atoms. The lowest BCUT2D eigenvalue weighted by molar-refractivity contribution is 0.108. The number of carbonyl (C=O) groups is 1. The van der Waals surface area contributed by atoms with Crippen molar-refractivity contribution in [3.05, 3.63) is 35.4 Å². The van der Waals surface area contributed by atoms with Gasteiger partial charge >= 0.3 is 0 Å². The Morgan fingerprint density at radius 3 is 2.47 bits per heavy atom. The van der Waals surface area contributed by atoms with Crippen LogP contribution in [0.5, 0.6) is 0 Å². The second kappa shape index (κ2) is 4.51. The predicted molar refractivity (Wildman–Crippen MR) is 60.1 cm³/mol. The van der Waals surface area contributed by atoms with E-state index >= 15 is 0 Å². The van der Waals surface area contributed by atoms with Crippen LogP contribution in [-0.2, 0) is 9.84 Å². The van der Waals surface area contributed by atoms with Gasteiger partial charge in [-0.05, 0) is 23.2 Å². The van der Waals surface area contributed by atoms with Crippen LogP contribution in [0.1, 0.15) is 20.6 Å². The average molecular weight is 267 g/mol. The molecule has 3 nitrogen and oxygen atoms in total. The zero-order valence-corrected chi connectivity index (χ0v) is 10.1. The Morgan fingerprint density at radius 1 is 1.40 bits per heavy atom. The van der Waals surface area contributed by atoms with Gasteiger partial charge in [-0.3, -0.25) is 4.79 Å². The van der Waals surface area contributed by atoms with Crippen molar-refractivity contribution in [2.45, 2.75) is 4.71 Å². The van der Waals surface area contributed by atoms with Gasteiger partial charge in [-0.25, -0.2) is 8.42 Å². The Balaban J connectivity index is 3.17. The van der Waals surface area contributed by atoms with Gasteiger partial charge in [0.1, 0.15) is 0 Å². The molecule has 0 heterocycles. The van der Waals surface area contributed by atoms with Gasteiger partial charge in [0.15, 0.2) is 14.5 Å². The number of benzene rings is 1. The van der Waals surface area contributed by atoms with E-state index in [4.69, 9.17) is 23.2 Å². The fraction of sp³-hybridized carbons (Fsp3) is 0.222.